The first-order valence-corrected chi connectivity index (χ1v) is 8.46. The van der Waals surface area contributed by atoms with Crippen molar-refractivity contribution in [3.63, 3.8) is 0 Å². The first-order valence-electron chi connectivity index (χ1n) is 8.46. The molecule has 4 aromatic rings. The third kappa shape index (κ3) is 3.83. The molecule has 2 aromatic carbocycles. The van der Waals surface area contributed by atoms with Crippen LogP contribution < -0.4 is 10.9 Å². The lowest BCUT2D eigenvalue weighted by atomic mass is 10.2. The monoisotopic (exact) mass is 373 g/mol. The highest BCUT2D eigenvalue weighted by atomic mass is 16.2. The minimum atomic E-state index is -0.406. The van der Waals surface area contributed by atoms with Crippen molar-refractivity contribution in [2.75, 3.05) is 5.32 Å². The number of tetrazole rings is 1. The number of hydrogen-bond acceptors (Lipinski definition) is 6. The van der Waals surface area contributed by atoms with Crippen molar-refractivity contribution in [3.05, 3.63) is 94.7 Å². The Morgan fingerprint density at radius 1 is 0.964 bits per heavy atom. The van der Waals surface area contributed by atoms with E-state index in [4.69, 9.17) is 0 Å². The number of nitrogens with zero attached hydrogens (tertiary/aromatic N) is 6. The molecule has 0 aliphatic rings. The third-order valence-electron chi connectivity index (χ3n) is 4.01. The Hall–Kier alpha value is -4.14. The second kappa shape index (κ2) is 7.62. The standard InChI is InChI=1S/C19H15N7O2/c27-18-11-10-17(22-25(18)12-14-4-2-1-3-5-14)19(28)21-15-6-8-16(9-7-15)26-13-20-23-24-26/h1-11,13H,12H2,(H,21,28). The van der Waals surface area contributed by atoms with E-state index in [2.05, 4.69) is 25.9 Å². The van der Waals surface area contributed by atoms with Crippen LogP contribution >= 0.6 is 0 Å². The smallest absolute Gasteiger partial charge is 0.276 e. The summed E-state index contributed by atoms with van der Waals surface area (Å²) in [4.78, 5) is 24.6. The predicted octanol–water partition coefficient (Wildman–Crippen LogP) is 1.52. The fourth-order valence-corrected chi connectivity index (χ4v) is 2.61. The van der Waals surface area contributed by atoms with Crippen LogP contribution in [-0.2, 0) is 6.54 Å². The van der Waals surface area contributed by atoms with E-state index in [1.807, 2.05) is 30.3 Å². The Morgan fingerprint density at radius 3 is 2.46 bits per heavy atom. The molecule has 0 aliphatic carbocycles. The molecule has 28 heavy (non-hydrogen) atoms. The Bertz CT molecular complexity index is 1140. The molecular weight excluding hydrogens is 358 g/mol. The van der Waals surface area contributed by atoms with Gasteiger partial charge in [-0.1, -0.05) is 30.3 Å². The molecule has 138 valence electrons. The third-order valence-corrected chi connectivity index (χ3v) is 4.01. The van der Waals surface area contributed by atoms with Gasteiger partial charge in [-0.25, -0.2) is 9.36 Å². The van der Waals surface area contributed by atoms with Gasteiger partial charge in [0.1, 0.15) is 12.0 Å². The summed E-state index contributed by atoms with van der Waals surface area (Å²) in [5.41, 5.74) is 2.15. The number of aromatic nitrogens is 6. The minimum absolute atomic E-state index is 0.153. The molecule has 9 heteroatoms. The van der Waals surface area contributed by atoms with Gasteiger partial charge in [0.15, 0.2) is 0 Å². The lowest BCUT2D eigenvalue weighted by molar-refractivity contribution is 0.102. The maximum Gasteiger partial charge on any atom is 0.276 e. The molecule has 0 fully saturated rings. The molecule has 1 N–H and O–H groups in total. The summed E-state index contributed by atoms with van der Waals surface area (Å²) < 4.78 is 2.78. The highest BCUT2D eigenvalue weighted by molar-refractivity contribution is 6.02. The minimum Gasteiger partial charge on any atom is -0.321 e. The van der Waals surface area contributed by atoms with Crippen LogP contribution in [0.1, 0.15) is 16.1 Å². The molecule has 2 heterocycles. The van der Waals surface area contributed by atoms with Crippen LogP contribution in [0.4, 0.5) is 5.69 Å². The largest absolute Gasteiger partial charge is 0.321 e. The average Bonchev–Trinajstić information content (AvgIpc) is 3.26. The molecular formula is C19H15N7O2. The molecule has 0 unspecified atom stereocenters. The first kappa shape index (κ1) is 17.3. The van der Waals surface area contributed by atoms with Gasteiger partial charge < -0.3 is 5.32 Å². The van der Waals surface area contributed by atoms with Crippen LogP contribution in [0.2, 0.25) is 0 Å². The second-order valence-corrected chi connectivity index (χ2v) is 5.96. The molecule has 0 atom stereocenters. The Morgan fingerprint density at radius 2 is 1.75 bits per heavy atom. The van der Waals surface area contributed by atoms with Crippen molar-refractivity contribution in [2.45, 2.75) is 6.54 Å². The lowest BCUT2D eigenvalue weighted by Crippen LogP contribution is -2.26. The number of hydrogen-bond donors (Lipinski definition) is 1. The van der Waals surface area contributed by atoms with E-state index in [1.54, 1.807) is 24.3 Å². The fraction of sp³-hybridized carbons (Fsp3) is 0.0526. The summed E-state index contributed by atoms with van der Waals surface area (Å²) in [6, 6.07) is 19.2. The molecule has 4 rings (SSSR count). The van der Waals surface area contributed by atoms with Gasteiger partial charge >= 0.3 is 0 Å². The van der Waals surface area contributed by atoms with Gasteiger partial charge in [-0.15, -0.1) is 5.10 Å². The number of rotatable bonds is 5. The maximum atomic E-state index is 12.5. The molecule has 0 aliphatic heterocycles. The molecule has 0 saturated heterocycles. The summed E-state index contributed by atoms with van der Waals surface area (Å²) in [5, 5.41) is 17.9. The molecule has 2 aromatic heterocycles. The van der Waals surface area contributed by atoms with Crippen LogP contribution in [0, 0.1) is 0 Å². The van der Waals surface area contributed by atoms with E-state index in [1.165, 1.54) is 27.8 Å². The second-order valence-electron chi connectivity index (χ2n) is 5.96. The SMILES string of the molecule is O=C(Nc1ccc(-n2cnnn2)cc1)c1ccc(=O)n(Cc2ccccc2)n1. The number of benzene rings is 2. The maximum absolute atomic E-state index is 12.5. The molecule has 0 saturated carbocycles. The van der Waals surface area contributed by atoms with E-state index >= 15 is 0 Å². The van der Waals surface area contributed by atoms with Gasteiger partial charge in [0, 0.05) is 11.8 Å². The van der Waals surface area contributed by atoms with E-state index in [0.717, 1.165) is 11.3 Å². The van der Waals surface area contributed by atoms with E-state index in [-0.39, 0.29) is 11.3 Å². The topological polar surface area (TPSA) is 108 Å². The highest BCUT2D eigenvalue weighted by Gasteiger charge is 2.11. The number of carbonyl (C=O) groups excluding carboxylic acids is 1. The van der Waals surface area contributed by atoms with Crippen LogP contribution in [-0.4, -0.2) is 35.9 Å². The van der Waals surface area contributed by atoms with E-state index in [9.17, 15) is 9.59 Å². The van der Waals surface area contributed by atoms with Crippen molar-refractivity contribution >= 4 is 11.6 Å². The molecule has 0 bridgehead atoms. The number of nitrogens with one attached hydrogen (secondary N) is 1. The summed E-state index contributed by atoms with van der Waals surface area (Å²) in [5.74, 6) is -0.406. The fourth-order valence-electron chi connectivity index (χ4n) is 2.61. The summed E-state index contributed by atoms with van der Waals surface area (Å²) in [6.45, 7) is 0.293. The zero-order chi connectivity index (χ0) is 19.3. The Balaban J connectivity index is 1.50. The average molecular weight is 373 g/mol. The van der Waals surface area contributed by atoms with Gasteiger partial charge in [-0.2, -0.15) is 5.10 Å². The van der Waals surface area contributed by atoms with Crippen molar-refractivity contribution in [3.8, 4) is 5.69 Å². The van der Waals surface area contributed by atoms with Crippen molar-refractivity contribution < 1.29 is 4.79 Å². The molecule has 0 spiro atoms. The predicted molar refractivity (Wildman–Crippen MR) is 101 cm³/mol. The van der Waals surface area contributed by atoms with Gasteiger partial charge in [0.25, 0.3) is 11.5 Å². The van der Waals surface area contributed by atoms with Gasteiger partial charge in [-0.3, -0.25) is 9.59 Å². The Kier molecular flexibility index (Phi) is 4.70. The quantitative estimate of drug-likeness (QED) is 0.568. The van der Waals surface area contributed by atoms with E-state index < -0.39 is 5.91 Å². The zero-order valence-electron chi connectivity index (χ0n) is 14.6. The van der Waals surface area contributed by atoms with Crippen LogP contribution in [0.15, 0.2) is 77.9 Å². The summed E-state index contributed by atoms with van der Waals surface area (Å²) in [6.07, 6.45) is 1.48. The van der Waals surface area contributed by atoms with Gasteiger partial charge in [-0.05, 0) is 46.3 Å². The molecule has 9 nitrogen and oxygen atoms in total. The van der Waals surface area contributed by atoms with Gasteiger partial charge in [0.05, 0.1) is 12.2 Å². The van der Waals surface area contributed by atoms with Crippen LogP contribution in [0.3, 0.4) is 0 Å². The van der Waals surface area contributed by atoms with Crippen molar-refractivity contribution in [2.24, 2.45) is 0 Å². The number of amides is 1. The van der Waals surface area contributed by atoms with Gasteiger partial charge in [0.2, 0.25) is 0 Å². The van der Waals surface area contributed by atoms with Crippen LogP contribution in [0.5, 0.6) is 0 Å². The molecule has 1 amide bonds. The summed E-state index contributed by atoms with van der Waals surface area (Å²) >= 11 is 0. The lowest BCUT2D eigenvalue weighted by Gasteiger charge is -2.08. The highest BCUT2D eigenvalue weighted by Crippen LogP contribution is 2.13. The van der Waals surface area contributed by atoms with Crippen LogP contribution in [0.25, 0.3) is 5.69 Å². The normalized spacial score (nSPS) is 10.6. The first-order chi connectivity index (χ1) is 13.7. The molecule has 0 radical (unpaired) electrons. The number of anilines is 1. The van der Waals surface area contributed by atoms with E-state index in [0.29, 0.717) is 12.2 Å². The van der Waals surface area contributed by atoms with Crippen molar-refractivity contribution in [1.29, 1.82) is 0 Å². The zero-order valence-corrected chi connectivity index (χ0v) is 14.6. The Labute approximate surface area is 159 Å². The van der Waals surface area contributed by atoms with Crippen molar-refractivity contribution in [1.82, 2.24) is 30.0 Å². The number of carbonyl (C=O) groups is 1. The summed E-state index contributed by atoms with van der Waals surface area (Å²) in [7, 11) is 0.